The Morgan fingerprint density at radius 3 is 1.58 bits per heavy atom. The first kappa shape index (κ1) is 49.5. The van der Waals surface area contributed by atoms with E-state index in [1.165, 1.54) is 10.5 Å². The molecule has 13 heteroatoms. The van der Waals surface area contributed by atoms with Crippen LogP contribution in [0.4, 0.5) is 4.79 Å². The van der Waals surface area contributed by atoms with E-state index in [9.17, 15) is 28.8 Å². The molecular formula is C51H69N5O8. The molecule has 4 aliphatic carbocycles. The third-order valence-corrected chi connectivity index (χ3v) is 13.0. The number of Topliss-reactive ketones (excluding diaryl/α,β-unsaturated/α-hetero) is 1. The van der Waals surface area contributed by atoms with Crippen molar-refractivity contribution in [2.45, 2.75) is 140 Å². The minimum atomic E-state index is -1.09. The summed E-state index contributed by atoms with van der Waals surface area (Å²) >= 11 is 0. The summed E-state index contributed by atoms with van der Waals surface area (Å²) in [6.45, 7) is 11.4. The quantitative estimate of drug-likeness (QED) is 0.0898. The lowest BCUT2D eigenvalue weighted by atomic mass is 9.80. The molecular weight excluding hydrogens is 811 g/mol. The lowest BCUT2D eigenvalue weighted by Gasteiger charge is -2.37. The highest BCUT2D eigenvalue weighted by Crippen LogP contribution is 2.50. The minimum Gasteiger partial charge on any atom is -0.481 e. The molecule has 0 aromatic heterocycles. The zero-order valence-electron chi connectivity index (χ0n) is 38.5. The molecule has 64 heavy (non-hydrogen) atoms. The number of carbonyl (C=O) groups excluding carboxylic acids is 5. The number of aliphatic hydroxyl groups excluding tert-OH is 1. The van der Waals surface area contributed by atoms with Gasteiger partial charge in [-0.2, -0.15) is 0 Å². The van der Waals surface area contributed by atoms with Crippen LogP contribution in [-0.4, -0.2) is 87.9 Å². The van der Waals surface area contributed by atoms with Crippen molar-refractivity contribution in [2.75, 3.05) is 19.7 Å². The Hall–Kier alpha value is -5.56. The van der Waals surface area contributed by atoms with Crippen molar-refractivity contribution in [1.29, 1.82) is 0 Å². The fourth-order valence-electron chi connectivity index (χ4n) is 8.26. The number of carboxylic acid groups (broad SMARTS) is 1. The molecule has 0 bridgehead atoms. The predicted octanol–water partition coefficient (Wildman–Crippen LogP) is 6.30. The zero-order chi connectivity index (χ0) is 46.9. The smallest absolute Gasteiger partial charge is 0.315 e. The van der Waals surface area contributed by atoms with Crippen LogP contribution >= 0.6 is 0 Å². The Labute approximate surface area is 378 Å². The van der Waals surface area contributed by atoms with Gasteiger partial charge in [0.15, 0.2) is 0 Å². The molecule has 4 aliphatic rings. The number of nitrogens with zero attached hydrogens (tertiary/aromatic N) is 1. The van der Waals surface area contributed by atoms with Gasteiger partial charge in [0.2, 0.25) is 17.6 Å². The van der Waals surface area contributed by atoms with Crippen LogP contribution in [0.15, 0.2) is 91.0 Å². The molecule has 7 rings (SSSR count). The van der Waals surface area contributed by atoms with E-state index >= 15 is 0 Å². The molecule has 5 amide bonds. The summed E-state index contributed by atoms with van der Waals surface area (Å²) < 4.78 is 0. The van der Waals surface area contributed by atoms with E-state index in [4.69, 9.17) is 15.9 Å². The highest BCUT2D eigenvalue weighted by Gasteiger charge is 2.52. The highest BCUT2D eigenvalue weighted by atomic mass is 16.4. The lowest BCUT2D eigenvalue weighted by Crippen LogP contribution is -2.60. The first-order valence-electron chi connectivity index (χ1n) is 22.6. The molecule has 1 unspecified atom stereocenters. The highest BCUT2D eigenvalue weighted by molar-refractivity contribution is 6.37. The number of aliphatic hydroxyl groups is 1. The molecule has 13 nitrogen and oxygen atoms in total. The van der Waals surface area contributed by atoms with Crippen LogP contribution in [0.5, 0.6) is 0 Å². The SMILES string of the molecule is CC(C)(C)NC(=O)N[C@H](C(=O)N(CC(=O)NC(CC1CCC1)C(=O)C(N)=O)CC1(c2ccccc2)CC1)C(C)(C)C.O=C(O)C1(c2ccccc2)CC1.OCC1(c2ccccc2)CC1. The molecule has 0 heterocycles. The average molecular weight is 880 g/mol. The number of hydrogen-bond acceptors (Lipinski definition) is 7. The number of urea groups is 1. The van der Waals surface area contributed by atoms with Crippen LogP contribution < -0.4 is 21.7 Å². The summed E-state index contributed by atoms with van der Waals surface area (Å²) in [7, 11) is 0. The topological polar surface area (TPSA) is 208 Å². The second-order valence-corrected chi connectivity index (χ2v) is 20.4. The van der Waals surface area contributed by atoms with Crippen LogP contribution in [0.2, 0.25) is 0 Å². The summed E-state index contributed by atoms with van der Waals surface area (Å²) in [5, 5.41) is 26.4. The number of nitrogens with two attached hydrogens (primary N) is 1. The first-order valence-corrected chi connectivity index (χ1v) is 22.6. The number of rotatable bonds is 16. The number of carboxylic acids is 1. The molecule has 2 atom stereocenters. The summed E-state index contributed by atoms with van der Waals surface area (Å²) in [6, 6.07) is 27.2. The van der Waals surface area contributed by atoms with Gasteiger partial charge in [-0.15, -0.1) is 0 Å². The van der Waals surface area contributed by atoms with Gasteiger partial charge in [0.05, 0.1) is 24.6 Å². The summed E-state index contributed by atoms with van der Waals surface area (Å²) in [5.74, 6) is -3.31. The van der Waals surface area contributed by atoms with Crippen molar-refractivity contribution in [3.8, 4) is 0 Å². The molecule has 3 aromatic carbocycles. The van der Waals surface area contributed by atoms with Crippen LogP contribution in [0.1, 0.15) is 122 Å². The van der Waals surface area contributed by atoms with E-state index in [2.05, 4.69) is 28.1 Å². The predicted molar refractivity (Wildman–Crippen MR) is 246 cm³/mol. The third-order valence-electron chi connectivity index (χ3n) is 13.0. The Bertz CT molecular complexity index is 2080. The van der Waals surface area contributed by atoms with Crippen molar-refractivity contribution in [3.63, 3.8) is 0 Å². The summed E-state index contributed by atoms with van der Waals surface area (Å²) in [5.41, 5.74) is 6.71. The van der Waals surface area contributed by atoms with Crippen molar-refractivity contribution < 1.29 is 39.0 Å². The maximum absolute atomic E-state index is 14.2. The molecule has 0 aliphatic heterocycles. The second-order valence-electron chi connectivity index (χ2n) is 20.4. The third kappa shape index (κ3) is 13.2. The average Bonchev–Trinajstić information content (AvgIpc) is 4.12. The minimum absolute atomic E-state index is 0.140. The van der Waals surface area contributed by atoms with Crippen molar-refractivity contribution in [3.05, 3.63) is 108 Å². The van der Waals surface area contributed by atoms with Crippen molar-refractivity contribution in [2.24, 2.45) is 17.1 Å². The fourth-order valence-corrected chi connectivity index (χ4v) is 8.26. The number of primary amides is 1. The number of benzene rings is 3. The molecule has 7 N–H and O–H groups in total. The van der Waals surface area contributed by atoms with Crippen molar-refractivity contribution in [1.82, 2.24) is 20.9 Å². The number of aliphatic carboxylic acids is 1. The van der Waals surface area contributed by atoms with E-state index in [-0.39, 0.29) is 29.8 Å². The van der Waals surface area contributed by atoms with Gasteiger partial charge in [0.25, 0.3) is 5.91 Å². The monoisotopic (exact) mass is 880 g/mol. The molecule has 346 valence electrons. The number of hydrogen-bond donors (Lipinski definition) is 6. The van der Waals surface area contributed by atoms with Gasteiger partial charge in [-0.3, -0.25) is 24.0 Å². The maximum atomic E-state index is 14.2. The van der Waals surface area contributed by atoms with Gasteiger partial charge in [-0.1, -0.05) is 131 Å². The standard InChI is InChI=1S/C31H47N5O5.C10H10O2.C10H12O/c1-29(2,3)25(34-28(41)35-30(4,5)6)27(40)36(19-31(15-16-31)21-13-8-7-9-14-21)18-23(37)33-22(24(38)26(32)39)17-20-11-10-12-20;11-9(12)10(6-7-10)8-4-2-1-3-5-8;11-8-10(6-7-10)9-4-2-1-3-5-9/h7-9,13-14,20,22,25H,10-12,15-19H2,1-6H3,(H2,32,39)(H,33,37)(H2,34,35,41);1-5H,6-7H2,(H,11,12);1-5,11H,6-8H2/t22?,25-;;/m1../s1. The first-order chi connectivity index (χ1) is 30.1. The molecule has 3 aromatic rings. The normalized spacial score (nSPS) is 18.3. The van der Waals surface area contributed by atoms with Crippen LogP contribution in [0, 0.1) is 11.3 Å². The van der Waals surface area contributed by atoms with E-state index in [0.29, 0.717) is 13.0 Å². The Morgan fingerprint density at radius 2 is 1.20 bits per heavy atom. The Balaban J connectivity index is 0.000000266. The van der Waals surface area contributed by atoms with Crippen LogP contribution in [-0.2, 0) is 40.2 Å². The van der Waals surface area contributed by atoms with Crippen LogP contribution in [0.25, 0.3) is 0 Å². The fraction of sp³-hybridized carbons (Fsp3) is 0.529. The zero-order valence-corrected chi connectivity index (χ0v) is 38.5. The van der Waals surface area contributed by atoms with Gasteiger partial charge in [-0.05, 0) is 93.7 Å². The summed E-state index contributed by atoms with van der Waals surface area (Å²) in [4.78, 5) is 77.1. The summed E-state index contributed by atoms with van der Waals surface area (Å²) in [6.07, 6.45) is 8.81. The molecule has 0 saturated heterocycles. The van der Waals surface area contributed by atoms with Crippen LogP contribution in [0.3, 0.4) is 0 Å². The number of nitrogens with one attached hydrogen (secondary N) is 3. The number of amides is 5. The Morgan fingerprint density at radius 1 is 0.719 bits per heavy atom. The van der Waals surface area contributed by atoms with Crippen molar-refractivity contribution >= 4 is 35.5 Å². The van der Waals surface area contributed by atoms with Gasteiger partial charge >= 0.3 is 12.0 Å². The molecule has 4 saturated carbocycles. The van der Waals surface area contributed by atoms with E-state index in [0.717, 1.165) is 68.9 Å². The Kier molecular flexibility index (Phi) is 15.9. The van der Waals surface area contributed by atoms with E-state index in [1.54, 1.807) is 0 Å². The molecule has 0 spiro atoms. The van der Waals surface area contributed by atoms with E-state index < -0.39 is 64.0 Å². The van der Waals surface area contributed by atoms with E-state index in [1.807, 2.05) is 120 Å². The molecule has 4 fully saturated rings. The maximum Gasteiger partial charge on any atom is 0.315 e. The van der Waals surface area contributed by atoms with Gasteiger partial charge in [0, 0.05) is 22.9 Å². The molecule has 0 radical (unpaired) electrons. The van der Waals surface area contributed by atoms with Gasteiger partial charge in [0.1, 0.15) is 6.04 Å². The van der Waals surface area contributed by atoms with Gasteiger partial charge in [-0.25, -0.2) is 4.79 Å². The van der Waals surface area contributed by atoms with Gasteiger partial charge < -0.3 is 36.8 Å². The number of ketones is 1. The largest absolute Gasteiger partial charge is 0.481 e. The second kappa shape index (κ2) is 20.5. The lowest BCUT2D eigenvalue weighted by molar-refractivity contribution is -0.142. The number of carbonyl (C=O) groups is 6.